The van der Waals surface area contributed by atoms with Crippen LogP contribution in [-0.2, 0) is 15.6 Å². The Bertz CT molecular complexity index is 765. The van der Waals surface area contributed by atoms with Crippen LogP contribution in [0.3, 0.4) is 0 Å². The quantitative estimate of drug-likeness (QED) is 0.832. The van der Waals surface area contributed by atoms with Crippen LogP contribution in [0.25, 0.3) is 0 Å². The average Bonchev–Trinajstić information content (AvgIpc) is 2.94. The lowest BCUT2D eigenvalue weighted by atomic mass is 9.82. The zero-order valence-corrected chi connectivity index (χ0v) is 18.3. The molecule has 150 valence electrons. The average molecular weight is 379 g/mol. The Morgan fingerprint density at radius 1 is 0.821 bits per heavy atom. The number of hydrogen-bond donors (Lipinski definition) is 1. The van der Waals surface area contributed by atoms with Crippen LogP contribution in [0.5, 0.6) is 0 Å². The number of amides is 1. The zero-order chi connectivity index (χ0) is 20.7. The van der Waals surface area contributed by atoms with Crippen molar-refractivity contribution in [3.8, 4) is 0 Å². The van der Waals surface area contributed by atoms with E-state index in [4.69, 9.17) is 0 Å². The summed E-state index contributed by atoms with van der Waals surface area (Å²) in [6.07, 6.45) is -0.0338. The molecule has 3 rings (SSSR count). The van der Waals surface area contributed by atoms with Crippen molar-refractivity contribution < 1.29 is 4.79 Å². The monoisotopic (exact) mass is 378 g/mol. The van der Waals surface area contributed by atoms with E-state index >= 15 is 0 Å². The van der Waals surface area contributed by atoms with Gasteiger partial charge in [0.1, 0.15) is 0 Å². The van der Waals surface area contributed by atoms with Crippen molar-refractivity contribution >= 4 is 5.91 Å². The van der Waals surface area contributed by atoms with Gasteiger partial charge < -0.3 is 4.90 Å². The van der Waals surface area contributed by atoms with E-state index in [2.05, 4.69) is 95.4 Å². The lowest BCUT2D eigenvalue weighted by molar-refractivity contribution is -0.126. The second kappa shape index (κ2) is 7.36. The van der Waals surface area contributed by atoms with E-state index in [-0.39, 0.29) is 28.8 Å². The van der Waals surface area contributed by atoms with Crippen LogP contribution in [0.15, 0.2) is 48.5 Å². The number of nitrogens with one attached hydrogen (secondary N) is 1. The highest BCUT2D eigenvalue weighted by Crippen LogP contribution is 2.34. The van der Waals surface area contributed by atoms with E-state index in [0.717, 1.165) is 0 Å². The maximum absolute atomic E-state index is 12.2. The Morgan fingerprint density at radius 3 is 1.50 bits per heavy atom. The number of likely N-dealkylation sites (N-methyl/N-ethyl adjacent to an activating group) is 1. The molecule has 0 saturated carbocycles. The fraction of sp³-hybridized carbons (Fsp3) is 0.480. The van der Waals surface area contributed by atoms with Crippen LogP contribution in [-0.4, -0.2) is 30.6 Å². The molecule has 0 unspecified atom stereocenters. The van der Waals surface area contributed by atoms with E-state index < -0.39 is 0 Å². The van der Waals surface area contributed by atoms with Gasteiger partial charge in [0.15, 0.2) is 0 Å². The van der Waals surface area contributed by atoms with Crippen molar-refractivity contribution in [1.29, 1.82) is 0 Å². The molecule has 0 aliphatic carbocycles. The summed E-state index contributed by atoms with van der Waals surface area (Å²) < 4.78 is 0. The maximum atomic E-state index is 12.2. The first kappa shape index (κ1) is 20.6. The number of rotatable bonds is 3. The van der Waals surface area contributed by atoms with Crippen LogP contribution in [0, 0.1) is 0 Å². The highest BCUT2D eigenvalue weighted by atomic mass is 16.2. The lowest BCUT2D eigenvalue weighted by Crippen LogP contribution is -2.40. The molecule has 0 radical (unpaired) electrons. The third-order valence-electron chi connectivity index (χ3n) is 5.86. The standard InChI is InChI=1S/C25H34N2O/c1-24(2,3)19-12-8-17(9-13-19)22(23-26-16-21(28)27(23)7)18-10-14-20(15-11-18)25(4,5)6/h8-15,22-23,26H,16H2,1-7H3/t23-/m0/s1. The molecule has 1 heterocycles. The molecule has 0 aromatic heterocycles. The number of nitrogens with zero attached hydrogens (tertiary/aromatic N) is 1. The van der Waals surface area contributed by atoms with Gasteiger partial charge in [0.25, 0.3) is 0 Å². The van der Waals surface area contributed by atoms with E-state index in [1.807, 2.05) is 11.9 Å². The number of hydrogen-bond acceptors (Lipinski definition) is 2. The minimum atomic E-state index is -0.0338. The minimum absolute atomic E-state index is 0.0338. The van der Waals surface area contributed by atoms with Crippen molar-refractivity contribution in [2.45, 2.75) is 64.5 Å². The lowest BCUT2D eigenvalue weighted by Gasteiger charge is -2.31. The van der Waals surface area contributed by atoms with Gasteiger partial charge in [-0.15, -0.1) is 0 Å². The predicted octanol–water partition coefficient (Wildman–Crippen LogP) is 4.80. The van der Waals surface area contributed by atoms with Crippen molar-refractivity contribution in [3.05, 3.63) is 70.8 Å². The molecule has 3 nitrogen and oxygen atoms in total. The fourth-order valence-electron chi connectivity index (χ4n) is 3.89. The van der Waals surface area contributed by atoms with Gasteiger partial charge in [-0.25, -0.2) is 0 Å². The molecule has 1 saturated heterocycles. The molecule has 1 fully saturated rings. The summed E-state index contributed by atoms with van der Waals surface area (Å²) in [5, 5.41) is 3.42. The van der Waals surface area contributed by atoms with Crippen molar-refractivity contribution in [3.63, 3.8) is 0 Å². The number of carbonyl (C=O) groups excluding carboxylic acids is 1. The van der Waals surface area contributed by atoms with Crippen LogP contribution in [0.1, 0.15) is 69.7 Å². The van der Waals surface area contributed by atoms with Crippen LogP contribution < -0.4 is 5.32 Å². The van der Waals surface area contributed by atoms with Crippen LogP contribution in [0.2, 0.25) is 0 Å². The Kier molecular flexibility index (Phi) is 5.42. The molecule has 1 amide bonds. The van der Waals surface area contributed by atoms with Gasteiger partial charge in [0.2, 0.25) is 5.91 Å². The number of carbonyl (C=O) groups is 1. The molecule has 28 heavy (non-hydrogen) atoms. The molecule has 2 aromatic carbocycles. The highest BCUT2D eigenvalue weighted by molar-refractivity contribution is 5.80. The van der Waals surface area contributed by atoms with Gasteiger partial charge in [0, 0.05) is 13.0 Å². The summed E-state index contributed by atoms with van der Waals surface area (Å²) in [7, 11) is 1.90. The molecule has 1 atom stereocenters. The molecule has 0 spiro atoms. The summed E-state index contributed by atoms with van der Waals surface area (Å²) in [5.41, 5.74) is 5.36. The fourth-order valence-corrected chi connectivity index (χ4v) is 3.89. The summed E-state index contributed by atoms with van der Waals surface area (Å²) in [5.74, 6) is 0.243. The smallest absolute Gasteiger partial charge is 0.237 e. The second-order valence-corrected chi connectivity index (χ2v) is 10.1. The van der Waals surface area contributed by atoms with E-state index in [1.54, 1.807) is 0 Å². The molecule has 3 heteroatoms. The molecular formula is C25H34N2O. The first-order valence-electron chi connectivity index (χ1n) is 10.2. The molecule has 2 aromatic rings. The first-order valence-corrected chi connectivity index (χ1v) is 10.2. The summed E-state index contributed by atoms with van der Waals surface area (Å²) >= 11 is 0. The predicted molar refractivity (Wildman–Crippen MR) is 117 cm³/mol. The van der Waals surface area contributed by atoms with Crippen molar-refractivity contribution in [2.24, 2.45) is 0 Å². The first-order chi connectivity index (χ1) is 13.0. The third-order valence-corrected chi connectivity index (χ3v) is 5.86. The SMILES string of the molecule is CN1C(=O)CN[C@@H]1C(c1ccc(C(C)(C)C)cc1)c1ccc(C(C)(C)C)cc1. The van der Waals surface area contributed by atoms with Gasteiger partial charge in [-0.3, -0.25) is 10.1 Å². The summed E-state index contributed by atoms with van der Waals surface area (Å²) in [4.78, 5) is 14.0. The molecule has 1 aliphatic heterocycles. The Labute approximate surface area is 170 Å². The molecule has 1 aliphatic rings. The second-order valence-electron chi connectivity index (χ2n) is 10.1. The van der Waals surface area contributed by atoms with Crippen molar-refractivity contribution in [1.82, 2.24) is 10.2 Å². The maximum Gasteiger partial charge on any atom is 0.237 e. The van der Waals surface area contributed by atoms with Gasteiger partial charge >= 0.3 is 0 Å². The van der Waals surface area contributed by atoms with E-state index in [0.29, 0.717) is 6.54 Å². The Hall–Kier alpha value is -2.13. The number of benzene rings is 2. The Morgan fingerprint density at radius 2 is 1.21 bits per heavy atom. The third kappa shape index (κ3) is 4.15. The topological polar surface area (TPSA) is 32.3 Å². The molecule has 1 N–H and O–H groups in total. The summed E-state index contributed by atoms with van der Waals surface area (Å²) in [6.45, 7) is 13.8. The van der Waals surface area contributed by atoms with Crippen LogP contribution >= 0.6 is 0 Å². The van der Waals surface area contributed by atoms with Crippen molar-refractivity contribution in [2.75, 3.05) is 13.6 Å². The largest absolute Gasteiger partial charge is 0.328 e. The van der Waals surface area contributed by atoms with Gasteiger partial charge in [-0.1, -0.05) is 90.1 Å². The highest BCUT2D eigenvalue weighted by Gasteiger charge is 2.35. The van der Waals surface area contributed by atoms with Gasteiger partial charge in [0.05, 0.1) is 12.7 Å². The molecular weight excluding hydrogens is 344 g/mol. The van der Waals surface area contributed by atoms with Gasteiger partial charge in [-0.05, 0) is 33.1 Å². The summed E-state index contributed by atoms with van der Waals surface area (Å²) in [6, 6.07) is 17.8. The minimum Gasteiger partial charge on any atom is -0.328 e. The van der Waals surface area contributed by atoms with E-state index in [9.17, 15) is 4.79 Å². The van der Waals surface area contributed by atoms with Gasteiger partial charge in [-0.2, -0.15) is 0 Å². The Balaban J connectivity index is 2.02. The normalized spacial score (nSPS) is 18.2. The zero-order valence-electron chi connectivity index (χ0n) is 18.3. The molecule has 0 bridgehead atoms. The van der Waals surface area contributed by atoms with Crippen LogP contribution in [0.4, 0.5) is 0 Å². The van der Waals surface area contributed by atoms with E-state index in [1.165, 1.54) is 22.3 Å².